The molecule has 4 nitrogen and oxygen atoms in total. The van der Waals surface area contributed by atoms with Crippen molar-refractivity contribution in [3.8, 4) is 11.3 Å². The van der Waals surface area contributed by atoms with Gasteiger partial charge in [0.25, 0.3) is 0 Å². The fourth-order valence-electron chi connectivity index (χ4n) is 2.07. The summed E-state index contributed by atoms with van der Waals surface area (Å²) < 4.78 is 43.7. The lowest BCUT2D eigenvalue weighted by molar-refractivity contribution is -0.137. The van der Waals surface area contributed by atoms with E-state index in [2.05, 4.69) is 10.6 Å². The molecule has 0 spiro atoms. The van der Waals surface area contributed by atoms with Crippen LogP contribution < -0.4 is 10.6 Å². The molecule has 0 fully saturated rings. The second kappa shape index (κ2) is 8.14. The molecule has 0 radical (unpaired) electrons. The van der Waals surface area contributed by atoms with Crippen LogP contribution in [-0.4, -0.2) is 31.3 Å². The van der Waals surface area contributed by atoms with Gasteiger partial charge in [-0.05, 0) is 24.3 Å². The molecule has 0 aliphatic heterocycles. The van der Waals surface area contributed by atoms with Crippen LogP contribution in [-0.2, 0) is 12.7 Å². The quantitative estimate of drug-likeness (QED) is 0.652. The molecule has 1 aromatic heterocycles. The van der Waals surface area contributed by atoms with Crippen LogP contribution in [0, 0.1) is 0 Å². The van der Waals surface area contributed by atoms with Crippen LogP contribution in [0.5, 0.6) is 0 Å². The van der Waals surface area contributed by atoms with Crippen molar-refractivity contribution in [3.63, 3.8) is 0 Å². The molecule has 0 atom stereocenters. The van der Waals surface area contributed by atoms with Gasteiger partial charge >= 0.3 is 6.18 Å². The highest BCUT2D eigenvalue weighted by molar-refractivity contribution is 5.58. The third-order valence-electron chi connectivity index (χ3n) is 3.20. The van der Waals surface area contributed by atoms with Crippen LogP contribution in [0.4, 0.5) is 13.2 Å². The Balaban J connectivity index is 1.92. The lowest BCUT2D eigenvalue weighted by Gasteiger charge is -2.07. The number of aliphatic hydroxyl groups excluding tert-OH is 1. The van der Waals surface area contributed by atoms with E-state index in [1.54, 1.807) is 18.2 Å². The average Bonchev–Trinajstić information content (AvgIpc) is 2.99. The summed E-state index contributed by atoms with van der Waals surface area (Å²) in [6, 6.07) is 8.47. The van der Waals surface area contributed by atoms with Crippen molar-refractivity contribution in [2.24, 2.45) is 0 Å². The Morgan fingerprint density at radius 2 is 1.78 bits per heavy atom. The predicted octanol–water partition coefficient (Wildman–Crippen LogP) is 2.64. The van der Waals surface area contributed by atoms with E-state index < -0.39 is 11.7 Å². The summed E-state index contributed by atoms with van der Waals surface area (Å²) in [6.07, 6.45) is -4.37. The molecule has 1 heterocycles. The highest BCUT2D eigenvalue weighted by Crippen LogP contribution is 2.32. The number of hydrogen-bond acceptors (Lipinski definition) is 4. The molecule has 0 amide bonds. The molecule has 0 aliphatic carbocycles. The standard InChI is InChI=1S/C16H19F3N2O2/c17-16(18,19)13-3-1-2-12(10-13)15-5-4-14(23-15)11-21-7-6-20-8-9-22/h1-5,10,20-22H,6-9,11H2. The SMILES string of the molecule is OCCNCCNCc1ccc(-c2cccc(C(F)(F)F)c2)o1. The summed E-state index contributed by atoms with van der Waals surface area (Å²) in [5, 5.41) is 14.8. The predicted molar refractivity (Wildman–Crippen MR) is 80.8 cm³/mol. The van der Waals surface area contributed by atoms with Crippen molar-refractivity contribution >= 4 is 0 Å². The molecular weight excluding hydrogens is 309 g/mol. The number of nitrogens with one attached hydrogen (secondary N) is 2. The zero-order chi connectivity index (χ0) is 16.7. The zero-order valence-electron chi connectivity index (χ0n) is 12.5. The van der Waals surface area contributed by atoms with Crippen molar-refractivity contribution < 1.29 is 22.7 Å². The summed E-state index contributed by atoms with van der Waals surface area (Å²) in [7, 11) is 0. The Kier molecular flexibility index (Phi) is 6.20. The van der Waals surface area contributed by atoms with Crippen LogP contribution >= 0.6 is 0 Å². The maximum atomic E-state index is 12.7. The molecule has 1 aromatic carbocycles. The molecular formula is C16H19F3N2O2. The summed E-state index contributed by atoms with van der Waals surface area (Å²) in [5.74, 6) is 1.06. The lowest BCUT2D eigenvalue weighted by atomic mass is 10.1. The van der Waals surface area contributed by atoms with E-state index in [0.29, 0.717) is 43.3 Å². The molecule has 126 valence electrons. The molecule has 23 heavy (non-hydrogen) atoms. The average molecular weight is 328 g/mol. The van der Waals surface area contributed by atoms with Crippen molar-refractivity contribution in [1.29, 1.82) is 0 Å². The van der Waals surface area contributed by atoms with Crippen molar-refractivity contribution in [3.05, 3.63) is 47.7 Å². The monoisotopic (exact) mass is 328 g/mol. The Morgan fingerprint density at radius 3 is 2.52 bits per heavy atom. The molecule has 0 saturated heterocycles. The highest BCUT2D eigenvalue weighted by Gasteiger charge is 2.30. The van der Waals surface area contributed by atoms with Crippen LogP contribution in [0.25, 0.3) is 11.3 Å². The molecule has 7 heteroatoms. The Labute approximate surface area is 132 Å². The minimum absolute atomic E-state index is 0.0958. The van der Waals surface area contributed by atoms with E-state index in [0.717, 1.165) is 12.1 Å². The largest absolute Gasteiger partial charge is 0.460 e. The van der Waals surface area contributed by atoms with Gasteiger partial charge in [0, 0.05) is 25.2 Å². The van der Waals surface area contributed by atoms with Gasteiger partial charge in [-0.1, -0.05) is 12.1 Å². The topological polar surface area (TPSA) is 57.4 Å². The van der Waals surface area contributed by atoms with Gasteiger partial charge in [-0.15, -0.1) is 0 Å². The molecule has 0 unspecified atom stereocenters. The fraction of sp³-hybridized carbons (Fsp3) is 0.375. The molecule has 2 aromatic rings. The van der Waals surface area contributed by atoms with E-state index in [9.17, 15) is 13.2 Å². The minimum Gasteiger partial charge on any atom is -0.460 e. The minimum atomic E-state index is -4.37. The molecule has 0 aliphatic rings. The van der Waals surface area contributed by atoms with Crippen LogP contribution in [0.2, 0.25) is 0 Å². The Bertz CT molecular complexity index is 611. The maximum absolute atomic E-state index is 12.7. The molecule has 0 bridgehead atoms. The van der Waals surface area contributed by atoms with E-state index in [1.807, 2.05) is 0 Å². The Hall–Kier alpha value is -1.83. The van der Waals surface area contributed by atoms with Gasteiger partial charge in [0.2, 0.25) is 0 Å². The van der Waals surface area contributed by atoms with E-state index in [4.69, 9.17) is 9.52 Å². The Morgan fingerprint density at radius 1 is 1.00 bits per heavy atom. The van der Waals surface area contributed by atoms with E-state index in [1.165, 1.54) is 6.07 Å². The number of furan rings is 1. The van der Waals surface area contributed by atoms with Gasteiger partial charge in [-0.2, -0.15) is 13.2 Å². The number of hydrogen-bond donors (Lipinski definition) is 3. The van der Waals surface area contributed by atoms with Gasteiger partial charge in [0.1, 0.15) is 11.5 Å². The first-order valence-corrected chi connectivity index (χ1v) is 7.29. The van der Waals surface area contributed by atoms with Gasteiger partial charge in [-0.3, -0.25) is 0 Å². The van der Waals surface area contributed by atoms with Crippen molar-refractivity contribution in [1.82, 2.24) is 10.6 Å². The van der Waals surface area contributed by atoms with Crippen molar-refractivity contribution in [2.75, 3.05) is 26.2 Å². The molecule has 0 saturated carbocycles. The first kappa shape index (κ1) is 17.5. The summed E-state index contributed by atoms with van der Waals surface area (Å²) >= 11 is 0. The van der Waals surface area contributed by atoms with Crippen molar-refractivity contribution in [2.45, 2.75) is 12.7 Å². The highest BCUT2D eigenvalue weighted by atomic mass is 19.4. The third-order valence-corrected chi connectivity index (χ3v) is 3.20. The second-order valence-electron chi connectivity index (χ2n) is 4.99. The smallest absolute Gasteiger partial charge is 0.416 e. The zero-order valence-corrected chi connectivity index (χ0v) is 12.5. The number of benzene rings is 1. The molecule has 3 N–H and O–H groups in total. The van der Waals surface area contributed by atoms with Gasteiger partial charge in [0.05, 0.1) is 18.7 Å². The number of halogens is 3. The molecule has 2 rings (SSSR count). The number of aliphatic hydroxyl groups is 1. The number of alkyl halides is 3. The summed E-state index contributed by atoms with van der Waals surface area (Å²) in [4.78, 5) is 0. The fourth-order valence-corrected chi connectivity index (χ4v) is 2.07. The van der Waals surface area contributed by atoms with E-state index >= 15 is 0 Å². The number of rotatable bonds is 8. The van der Waals surface area contributed by atoms with Gasteiger partial charge < -0.3 is 20.2 Å². The van der Waals surface area contributed by atoms with Crippen LogP contribution in [0.3, 0.4) is 0 Å². The summed E-state index contributed by atoms with van der Waals surface area (Å²) in [5.41, 5.74) is -0.295. The summed E-state index contributed by atoms with van der Waals surface area (Å²) in [6.45, 7) is 2.53. The van der Waals surface area contributed by atoms with Crippen LogP contribution in [0.15, 0.2) is 40.8 Å². The lowest BCUT2D eigenvalue weighted by Crippen LogP contribution is -2.28. The van der Waals surface area contributed by atoms with Crippen LogP contribution in [0.1, 0.15) is 11.3 Å². The van der Waals surface area contributed by atoms with Gasteiger partial charge in [-0.25, -0.2) is 0 Å². The third kappa shape index (κ3) is 5.38. The van der Waals surface area contributed by atoms with E-state index in [-0.39, 0.29) is 6.61 Å². The first-order chi connectivity index (χ1) is 11.0. The first-order valence-electron chi connectivity index (χ1n) is 7.29. The normalized spacial score (nSPS) is 11.8. The van der Waals surface area contributed by atoms with Gasteiger partial charge in [0.15, 0.2) is 0 Å². The maximum Gasteiger partial charge on any atom is 0.416 e. The second-order valence-corrected chi connectivity index (χ2v) is 4.99.